The highest BCUT2D eigenvalue weighted by molar-refractivity contribution is 6.31. The number of amides is 1. The van der Waals surface area contributed by atoms with Crippen LogP contribution in [0.5, 0.6) is 5.75 Å². The number of halogens is 1. The minimum Gasteiger partial charge on any atom is -0.493 e. The van der Waals surface area contributed by atoms with Gasteiger partial charge in [0.1, 0.15) is 5.75 Å². The first-order valence-electron chi connectivity index (χ1n) is 11.5. The molecule has 176 valence electrons. The van der Waals surface area contributed by atoms with E-state index >= 15 is 0 Å². The van der Waals surface area contributed by atoms with Gasteiger partial charge in [0, 0.05) is 29.2 Å². The third kappa shape index (κ3) is 4.69. The standard InChI is InChI=1S/C27H28ClN3O3/c1-27(2,17-34-21-7-5-20(6-8-21)31-11-13-33-14-12-31)18-3-10-23-25(15-18)30-26(32)22-9-4-19(28)16-24(22)29-23/h3-10,15-16,29H,11-14,17H2,1-2H3,(H,30,32). The third-order valence-electron chi connectivity index (χ3n) is 6.36. The van der Waals surface area contributed by atoms with E-state index in [4.69, 9.17) is 21.1 Å². The molecule has 0 aliphatic carbocycles. The topological polar surface area (TPSA) is 62.8 Å². The Morgan fingerprint density at radius 3 is 2.47 bits per heavy atom. The van der Waals surface area contributed by atoms with Crippen molar-refractivity contribution in [3.05, 3.63) is 76.8 Å². The van der Waals surface area contributed by atoms with Crippen LogP contribution in [0, 0.1) is 0 Å². The van der Waals surface area contributed by atoms with E-state index in [2.05, 4.69) is 47.6 Å². The molecule has 1 amide bonds. The summed E-state index contributed by atoms with van der Waals surface area (Å²) in [7, 11) is 0. The van der Waals surface area contributed by atoms with Crippen LogP contribution in [0.2, 0.25) is 5.02 Å². The summed E-state index contributed by atoms with van der Waals surface area (Å²) in [6.45, 7) is 8.13. The summed E-state index contributed by atoms with van der Waals surface area (Å²) in [5.74, 6) is 0.673. The van der Waals surface area contributed by atoms with Crippen molar-refractivity contribution < 1.29 is 14.3 Å². The number of anilines is 4. The fraction of sp³-hybridized carbons (Fsp3) is 0.296. The van der Waals surface area contributed by atoms with Gasteiger partial charge in [0.05, 0.1) is 42.4 Å². The van der Waals surface area contributed by atoms with E-state index < -0.39 is 0 Å². The van der Waals surface area contributed by atoms with Crippen molar-refractivity contribution in [3.8, 4) is 5.75 Å². The van der Waals surface area contributed by atoms with Crippen LogP contribution in [0.1, 0.15) is 29.8 Å². The second-order valence-corrected chi connectivity index (χ2v) is 9.73. The number of carbonyl (C=O) groups is 1. The van der Waals surface area contributed by atoms with Crippen molar-refractivity contribution in [1.29, 1.82) is 0 Å². The van der Waals surface area contributed by atoms with Crippen LogP contribution in [0.4, 0.5) is 22.7 Å². The number of hydrogen-bond donors (Lipinski definition) is 2. The Morgan fingerprint density at radius 1 is 0.941 bits per heavy atom. The van der Waals surface area contributed by atoms with Gasteiger partial charge < -0.3 is 25.0 Å². The summed E-state index contributed by atoms with van der Waals surface area (Å²) in [5, 5.41) is 6.93. The Balaban J connectivity index is 1.29. The Bertz CT molecular complexity index is 1200. The normalized spacial score (nSPS) is 15.5. The van der Waals surface area contributed by atoms with Gasteiger partial charge in [-0.3, -0.25) is 4.79 Å². The Hall–Kier alpha value is -3.22. The van der Waals surface area contributed by atoms with Gasteiger partial charge in [-0.2, -0.15) is 0 Å². The third-order valence-corrected chi connectivity index (χ3v) is 6.59. The van der Waals surface area contributed by atoms with E-state index in [0.717, 1.165) is 49.0 Å². The maximum absolute atomic E-state index is 12.8. The van der Waals surface area contributed by atoms with Gasteiger partial charge in [-0.05, 0) is 60.2 Å². The smallest absolute Gasteiger partial charge is 0.257 e. The summed E-state index contributed by atoms with van der Waals surface area (Å²) >= 11 is 6.13. The predicted molar refractivity (Wildman–Crippen MR) is 137 cm³/mol. The molecule has 2 N–H and O–H groups in total. The lowest BCUT2D eigenvalue weighted by atomic mass is 9.85. The molecule has 0 radical (unpaired) electrons. The molecule has 0 bridgehead atoms. The van der Waals surface area contributed by atoms with Gasteiger partial charge in [0.2, 0.25) is 0 Å². The molecule has 0 spiro atoms. The summed E-state index contributed by atoms with van der Waals surface area (Å²) in [6.07, 6.45) is 0. The molecule has 0 unspecified atom stereocenters. The molecule has 2 aliphatic rings. The van der Waals surface area contributed by atoms with Crippen molar-refractivity contribution in [2.75, 3.05) is 48.4 Å². The van der Waals surface area contributed by atoms with Crippen LogP contribution in [0.3, 0.4) is 0 Å². The quantitative estimate of drug-likeness (QED) is 0.483. The van der Waals surface area contributed by atoms with Crippen molar-refractivity contribution in [2.45, 2.75) is 19.3 Å². The van der Waals surface area contributed by atoms with Gasteiger partial charge in [-0.15, -0.1) is 0 Å². The molecule has 0 saturated carbocycles. The summed E-state index contributed by atoms with van der Waals surface area (Å²) in [4.78, 5) is 15.1. The zero-order chi connectivity index (χ0) is 23.7. The second kappa shape index (κ2) is 9.20. The molecule has 2 aliphatic heterocycles. The molecule has 1 saturated heterocycles. The predicted octanol–water partition coefficient (Wildman–Crippen LogP) is 5.84. The molecule has 2 heterocycles. The van der Waals surface area contributed by atoms with E-state index in [0.29, 0.717) is 22.9 Å². The number of morpholine rings is 1. The summed E-state index contributed by atoms with van der Waals surface area (Å²) in [6, 6.07) is 19.5. The molecule has 5 rings (SSSR count). The number of fused-ring (bicyclic) bond motifs is 2. The number of nitrogens with one attached hydrogen (secondary N) is 2. The molecular weight excluding hydrogens is 450 g/mol. The fourth-order valence-electron chi connectivity index (χ4n) is 4.25. The molecule has 6 nitrogen and oxygen atoms in total. The number of hydrogen-bond acceptors (Lipinski definition) is 5. The lowest BCUT2D eigenvalue weighted by Gasteiger charge is -2.29. The highest BCUT2D eigenvalue weighted by Gasteiger charge is 2.25. The highest BCUT2D eigenvalue weighted by atomic mass is 35.5. The maximum atomic E-state index is 12.8. The Kier molecular flexibility index (Phi) is 6.11. The molecule has 7 heteroatoms. The monoisotopic (exact) mass is 477 g/mol. The Morgan fingerprint density at radius 2 is 1.71 bits per heavy atom. The Labute approximate surface area is 204 Å². The molecule has 3 aromatic rings. The number of ether oxygens (including phenoxy) is 2. The lowest BCUT2D eigenvalue weighted by molar-refractivity contribution is 0.102. The van der Waals surface area contributed by atoms with Gasteiger partial charge in [0.15, 0.2) is 0 Å². The van der Waals surface area contributed by atoms with E-state index in [1.807, 2.05) is 24.3 Å². The SMILES string of the molecule is CC(C)(COc1ccc(N2CCOCC2)cc1)c1ccc2c(c1)NC(=O)c1ccc(Cl)cc1N2. The minimum absolute atomic E-state index is 0.163. The number of rotatable bonds is 5. The molecule has 3 aromatic carbocycles. The van der Waals surface area contributed by atoms with E-state index in [-0.39, 0.29) is 11.3 Å². The largest absolute Gasteiger partial charge is 0.493 e. The van der Waals surface area contributed by atoms with Gasteiger partial charge in [0.25, 0.3) is 5.91 Å². The maximum Gasteiger partial charge on any atom is 0.257 e. The van der Waals surface area contributed by atoms with Crippen molar-refractivity contribution in [3.63, 3.8) is 0 Å². The van der Waals surface area contributed by atoms with E-state index in [1.165, 1.54) is 5.69 Å². The van der Waals surface area contributed by atoms with Crippen molar-refractivity contribution >= 4 is 40.3 Å². The zero-order valence-electron chi connectivity index (χ0n) is 19.4. The van der Waals surface area contributed by atoms with Crippen LogP contribution >= 0.6 is 11.6 Å². The molecule has 0 atom stereocenters. The van der Waals surface area contributed by atoms with Crippen LogP contribution in [-0.4, -0.2) is 38.8 Å². The van der Waals surface area contributed by atoms with Crippen molar-refractivity contribution in [2.24, 2.45) is 0 Å². The highest BCUT2D eigenvalue weighted by Crippen LogP contribution is 2.36. The number of carbonyl (C=O) groups excluding carboxylic acids is 1. The average Bonchev–Trinajstić information content (AvgIpc) is 2.98. The van der Waals surface area contributed by atoms with Crippen LogP contribution < -0.4 is 20.3 Å². The fourth-order valence-corrected chi connectivity index (χ4v) is 4.42. The van der Waals surface area contributed by atoms with Crippen molar-refractivity contribution in [1.82, 2.24) is 0 Å². The molecule has 34 heavy (non-hydrogen) atoms. The first-order valence-corrected chi connectivity index (χ1v) is 11.8. The second-order valence-electron chi connectivity index (χ2n) is 9.30. The minimum atomic E-state index is -0.273. The van der Waals surface area contributed by atoms with E-state index in [1.54, 1.807) is 18.2 Å². The first kappa shape index (κ1) is 22.6. The van der Waals surface area contributed by atoms with Crippen LogP contribution in [-0.2, 0) is 10.2 Å². The van der Waals surface area contributed by atoms with E-state index in [9.17, 15) is 4.79 Å². The first-order chi connectivity index (χ1) is 16.4. The molecule has 1 fully saturated rings. The zero-order valence-corrected chi connectivity index (χ0v) is 20.1. The molecular formula is C27H28ClN3O3. The van der Waals surface area contributed by atoms with Gasteiger partial charge in [-0.1, -0.05) is 31.5 Å². The van der Waals surface area contributed by atoms with Crippen LogP contribution in [0.15, 0.2) is 60.7 Å². The summed E-state index contributed by atoms with van der Waals surface area (Å²) < 4.78 is 11.6. The van der Waals surface area contributed by atoms with Crippen LogP contribution in [0.25, 0.3) is 0 Å². The number of benzene rings is 3. The number of nitrogens with zero attached hydrogens (tertiary/aromatic N) is 1. The van der Waals surface area contributed by atoms with Gasteiger partial charge >= 0.3 is 0 Å². The van der Waals surface area contributed by atoms with Gasteiger partial charge in [-0.25, -0.2) is 0 Å². The molecule has 0 aromatic heterocycles. The lowest BCUT2D eigenvalue weighted by Crippen LogP contribution is -2.36. The average molecular weight is 478 g/mol. The summed E-state index contributed by atoms with van der Waals surface area (Å²) in [5.41, 5.74) is 4.80.